The molecule has 0 spiro atoms. The molecule has 1 N–H and O–H groups in total. The van der Waals surface area contributed by atoms with Gasteiger partial charge in [0.05, 0.1) is 7.11 Å². The van der Waals surface area contributed by atoms with Gasteiger partial charge in [0.25, 0.3) is 0 Å². The molecule has 0 amide bonds. The van der Waals surface area contributed by atoms with Gasteiger partial charge >= 0.3 is 5.97 Å². The molecule has 0 bridgehead atoms. The van der Waals surface area contributed by atoms with E-state index in [1.54, 1.807) is 0 Å². The minimum Gasteiger partial charge on any atom is -0.469 e. The molecule has 2 atom stereocenters. The molecule has 0 heterocycles. The maximum absolute atomic E-state index is 11.2. The number of nitrogens with one attached hydrogen (secondary N) is 1. The van der Waals surface area contributed by atoms with Crippen LogP contribution in [0.5, 0.6) is 0 Å². The van der Waals surface area contributed by atoms with Gasteiger partial charge in [-0.3, -0.25) is 4.79 Å². The minimum absolute atomic E-state index is 0.156. The molecule has 0 radical (unpaired) electrons. The van der Waals surface area contributed by atoms with Crippen molar-refractivity contribution in [3.05, 3.63) is 35.4 Å². The zero-order chi connectivity index (χ0) is 14.3. The number of hydrogen-bond acceptors (Lipinski definition) is 3. The summed E-state index contributed by atoms with van der Waals surface area (Å²) in [7, 11) is 3.35. The van der Waals surface area contributed by atoms with Gasteiger partial charge in [-0.25, -0.2) is 0 Å². The fraction of sp³-hybridized carbons (Fsp3) is 0.562. The lowest BCUT2D eigenvalue weighted by Crippen LogP contribution is -2.18. The molecule has 0 fully saturated rings. The van der Waals surface area contributed by atoms with Gasteiger partial charge in [0.15, 0.2) is 0 Å². The van der Waals surface area contributed by atoms with Crippen molar-refractivity contribution in [2.45, 2.75) is 45.1 Å². The quantitative estimate of drug-likeness (QED) is 0.766. The zero-order valence-corrected chi connectivity index (χ0v) is 12.4. The molecule has 3 nitrogen and oxygen atoms in total. The first-order chi connectivity index (χ1) is 9.12. The first-order valence-corrected chi connectivity index (χ1v) is 6.96. The molecule has 106 valence electrons. The summed E-state index contributed by atoms with van der Waals surface area (Å²) in [5.74, 6) is 0.439. The fourth-order valence-corrected chi connectivity index (χ4v) is 2.13. The van der Waals surface area contributed by atoms with Crippen LogP contribution < -0.4 is 5.32 Å². The average molecular weight is 263 g/mol. The average Bonchev–Trinajstić information content (AvgIpc) is 2.47. The Morgan fingerprint density at radius 1 is 1.26 bits per heavy atom. The van der Waals surface area contributed by atoms with E-state index in [-0.39, 0.29) is 12.0 Å². The van der Waals surface area contributed by atoms with Gasteiger partial charge in [-0.15, -0.1) is 0 Å². The van der Waals surface area contributed by atoms with E-state index in [1.807, 2.05) is 7.05 Å². The highest BCUT2D eigenvalue weighted by Gasteiger charge is 2.12. The normalized spacial score (nSPS) is 13.9. The number of carbonyl (C=O) groups excluding carboxylic acids is 1. The van der Waals surface area contributed by atoms with Gasteiger partial charge in [0, 0.05) is 12.5 Å². The molecular formula is C16H25NO2. The first kappa shape index (κ1) is 15.7. The second kappa shape index (κ2) is 7.95. The predicted octanol–water partition coefficient (Wildman–Crippen LogP) is 3.41. The summed E-state index contributed by atoms with van der Waals surface area (Å²) in [6.45, 7) is 4.44. The van der Waals surface area contributed by atoms with Crippen molar-refractivity contribution in [3.63, 3.8) is 0 Å². The lowest BCUT2D eigenvalue weighted by Gasteiger charge is -2.17. The molecule has 0 aliphatic heterocycles. The molecule has 3 heteroatoms. The van der Waals surface area contributed by atoms with Crippen molar-refractivity contribution in [2.75, 3.05) is 14.2 Å². The van der Waals surface area contributed by atoms with Crippen LogP contribution >= 0.6 is 0 Å². The third-order valence-electron chi connectivity index (χ3n) is 3.73. The zero-order valence-electron chi connectivity index (χ0n) is 12.4. The molecule has 0 aromatic heterocycles. The number of esters is 1. The van der Waals surface area contributed by atoms with Crippen molar-refractivity contribution < 1.29 is 9.53 Å². The Kier molecular flexibility index (Phi) is 6.57. The molecule has 1 aromatic rings. The molecule has 0 saturated heterocycles. The second-order valence-corrected chi connectivity index (χ2v) is 4.93. The predicted molar refractivity (Wildman–Crippen MR) is 78.2 cm³/mol. The summed E-state index contributed by atoms with van der Waals surface area (Å²) in [6, 6.07) is 8.88. The highest BCUT2D eigenvalue weighted by Crippen LogP contribution is 2.23. The Balaban J connectivity index is 2.68. The minimum atomic E-state index is -0.156. The van der Waals surface area contributed by atoms with Crippen LogP contribution in [0.2, 0.25) is 0 Å². The third-order valence-corrected chi connectivity index (χ3v) is 3.73. The molecular weight excluding hydrogens is 238 g/mol. The molecule has 1 rings (SSSR count). The van der Waals surface area contributed by atoms with Crippen LogP contribution in [0.15, 0.2) is 24.3 Å². The van der Waals surface area contributed by atoms with E-state index in [4.69, 9.17) is 0 Å². The standard InChI is InChI=1S/C16H25NO2/c1-5-12(2)13-6-8-14(9-7-13)15(17-3)10-11-16(18)19-4/h6-9,12,15,17H,5,10-11H2,1-4H3. The van der Waals surface area contributed by atoms with Crippen LogP contribution in [-0.4, -0.2) is 20.1 Å². The second-order valence-electron chi connectivity index (χ2n) is 4.93. The Morgan fingerprint density at radius 3 is 2.32 bits per heavy atom. The van der Waals surface area contributed by atoms with Gasteiger partial charge in [-0.05, 0) is 36.9 Å². The van der Waals surface area contributed by atoms with Gasteiger partial charge in [0.2, 0.25) is 0 Å². The summed E-state index contributed by atoms with van der Waals surface area (Å²) in [4.78, 5) is 11.2. The Bertz CT molecular complexity index is 386. The lowest BCUT2D eigenvalue weighted by molar-refractivity contribution is -0.140. The Morgan fingerprint density at radius 2 is 1.84 bits per heavy atom. The van der Waals surface area contributed by atoms with Crippen LogP contribution in [-0.2, 0) is 9.53 Å². The van der Waals surface area contributed by atoms with E-state index >= 15 is 0 Å². The van der Waals surface area contributed by atoms with Gasteiger partial charge in [-0.2, -0.15) is 0 Å². The van der Waals surface area contributed by atoms with Crippen molar-refractivity contribution in [2.24, 2.45) is 0 Å². The van der Waals surface area contributed by atoms with Gasteiger partial charge in [-0.1, -0.05) is 38.1 Å². The molecule has 0 saturated carbocycles. The highest BCUT2D eigenvalue weighted by molar-refractivity contribution is 5.69. The number of carbonyl (C=O) groups is 1. The summed E-state index contributed by atoms with van der Waals surface area (Å²) in [5.41, 5.74) is 2.59. The van der Waals surface area contributed by atoms with Crippen LogP contribution in [0.25, 0.3) is 0 Å². The molecule has 19 heavy (non-hydrogen) atoms. The van der Waals surface area contributed by atoms with E-state index < -0.39 is 0 Å². The van der Waals surface area contributed by atoms with E-state index in [0.29, 0.717) is 12.3 Å². The summed E-state index contributed by atoms with van der Waals surface area (Å²) in [5, 5.41) is 3.25. The van der Waals surface area contributed by atoms with E-state index in [0.717, 1.165) is 12.8 Å². The molecule has 2 unspecified atom stereocenters. The first-order valence-electron chi connectivity index (χ1n) is 6.96. The SMILES string of the molecule is CCC(C)c1ccc(C(CCC(=O)OC)NC)cc1. The molecule has 0 aliphatic rings. The van der Waals surface area contributed by atoms with Gasteiger partial charge in [0.1, 0.15) is 0 Å². The Labute approximate surface area is 116 Å². The summed E-state index contributed by atoms with van der Waals surface area (Å²) < 4.78 is 4.68. The number of methoxy groups -OCH3 is 1. The number of rotatable bonds is 7. The smallest absolute Gasteiger partial charge is 0.305 e. The van der Waals surface area contributed by atoms with Crippen LogP contribution in [0.4, 0.5) is 0 Å². The molecule has 0 aliphatic carbocycles. The Hall–Kier alpha value is -1.35. The summed E-state index contributed by atoms with van der Waals surface area (Å²) in [6.07, 6.45) is 2.35. The van der Waals surface area contributed by atoms with E-state index in [9.17, 15) is 4.79 Å². The van der Waals surface area contributed by atoms with Crippen LogP contribution in [0.1, 0.15) is 56.2 Å². The van der Waals surface area contributed by atoms with E-state index in [1.165, 1.54) is 18.2 Å². The van der Waals surface area contributed by atoms with Crippen molar-refractivity contribution in [1.29, 1.82) is 0 Å². The topological polar surface area (TPSA) is 38.3 Å². The highest BCUT2D eigenvalue weighted by atomic mass is 16.5. The van der Waals surface area contributed by atoms with Crippen molar-refractivity contribution in [1.82, 2.24) is 5.32 Å². The van der Waals surface area contributed by atoms with Crippen molar-refractivity contribution >= 4 is 5.97 Å². The number of benzene rings is 1. The van der Waals surface area contributed by atoms with Crippen molar-refractivity contribution in [3.8, 4) is 0 Å². The third kappa shape index (κ3) is 4.67. The van der Waals surface area contributed by atoms with Crippen LogP contribution in [0, 0.1) is 0 Å². The maximum Gasteiger partial charge on any atom is 0.305 e. The van der Waals surface area contributed by atoms with Gasteiger partial charge < -0.3 is 10.1 Å². The fourth-order valence-electron chi connectivity index (χ4n) is 2.13. The molecule has 1 aromatic carbocycles. The number of ether oxygens (including phenoxy) is 1. The largest absolute Gasteiger partial charge is 0.469 e. The van der Waals surface area contributed by atoms with Crippen LogP contribution in [0.3, 0.4) is 0 Å². The lowest BCUT2D eigenvalue weighted by atomic mass is 9.95. The maximum atomic E-state index is 11.2. The monoisotopic (exact) mass is 263 g/mol. The number of hydrogen-bond donors (Lipinski definition) is 1. The summed E-state index contributed by atoms with van der Waals surface area (Å²) >= 11 is 0. The van der Waals surface area contributed by atoms with E-state index in [2.05, 4.69) is 48.2 Å².